The Balaban J connectivity index is 1.68. The first kappa shape index (κ1) is 10.9. The molecule has 2 atom stereocenters. The third-order valence-corrected chi connectivity index (χ3v) is 3.91. The zero-order valence-corrected chi connectivity index (χ0v) is 9.81. The number of rotatable bonds is 3. The summed E-state index contributed by atoms with van der Waals surface area (Å²) in [5.74, 6) is 1.17. The van der Waals surface area contributed by atoms with Crippen LogP contribution in [0.1, 0.15) is 33.1 Å². The van der Waals surface area contributed by atoms with Crippen LogP contribution in [0.5, 0.6) is 0 Å². The maximum absolute atomic E-state index is 11.8. The van der Waals surface area contributed by atoms with Crippen LogP contribution in [0.2, 0.25) is 0 Å². The van der Waals surface area contributed by atoms with Gasteiger partial charge in [-0.25, -0.2) is 0 Å². The average molecular weight is 210 g/mol. The quantitative estimate of drug-likeness (QED) is 0.733. The third-order valence-electron chi connectivity index (χ3n) is 3.91. The number of hydrogen-bond donors (Lipinski definition) is 2. The van der Waals surface area contributed by atoms with Crippen molar-refractivity contribution in [1.29, 1.82) is 0 Å². The molecule has 1 amide bonds. The van der Waals surface area contributed by atoms with Crippen molar-refractivity contribution in [2.45, 2.75) is 33.1 Å². The van der Waals surface area contributed by atoms with E-state index in [2.05, 4.69) is 24.5 Å². The van der Waals surface area contributed by atoms with Crippen LogP contribution < -0.4 is 10.6 Å². The molecule has 0 aromatic carbocycles. The van der Waals surface area contributed by atoms with Gasteiger partial charge in [0, 0.05) is 13.1 Å². The van der Waals surface area contributed by atoms with Crippen molar-refractivity contribution in [3.05, 3.63) is 0 Å². The molecule has 2 fully saturated rings. The van der Waals surface area contributed by atoms with Gasteiger partial charge in [0.1, 0.15) is 0 Å². The summed E-state index contributed by atoms with van der Waals surface area (Å²) in [5.41, 5.74) is 0.470. The lowest BCUT2D eigenvalue weighted by Gasteiger charge is -2.22. The van der Waals surface area contributed by atoms with Gasteiger partial charge in [0.2, 0.25) is 5.91 Å². The summed E-state index contributed by atoms with van der Waals surface area (Å²) in [6.07, 6.45) is 3.44. The molecule has 3 nitrogen and oxygen atoms in total. The molecule has 15 heavy (non-hydrogen) atoms. The largest absolute Gasteiger partial charge is 0.356 e. The predicted molar refractivity (Wildman–Crippen MR) is 60.5 cm³/mol. The van der Waals surface area contributed by atoms with E-state index < -0.39 is 0 Å². The van der Waals surface area contributed by atoms with Crippen LogP contribution in [0.25, 0.3) is 0 Å². The smallest absolute Gasteiger partial charge is 0.224 e. The van der Waals surface area contributed by atoms with E-state index in [1.54, 1.807) is 0 Å². The Morgan fingerprint density at radius 2 is 2.27 bits per heavy atom. The molecule has 1 aliphatic heterocycles. The van der Waals surface area contributed by atoms with Crippen molar-refractivity contribution in [3.63, 3.8) is 0 Å². The summed E-state index contributed by atoms with van der Waals surface area (Å²) in [4.78, 5) is 11.8. The molecule has 3 heteroatoms. The number of amides is 1. The molecule has 0 spiro atoms. The molecule has 0 radical (unpaired) electrons. The summed E-state index contributed by atoms with van der Waals surface area (Å²) >= 11 is 0. The van der Waals surface area contributed by atoms with Crippen LogP contribution in [0.3, 0.4) is 0 Å². The van der Waals surface area contributed by atoms with Gasteiger partial charge < -0.3 is 10.6 Å². The second kappa shape index (κ2) is 4.12. The van der Waals surface area contributed by atoms with Crippen molar-refractivity contribution in [2.24, 2.45) is 17.3 Å². The molecule has 0 bridgehead atoms. The summed E-state index contributed by atoms with van der Waals surface area (Å²) in [6.45, 7) is 7.35. The van der Waals surface area contributed by atoms with Crippen molar-refractivity contribution in [2.75, 3.05) is 19.6 Å². The fourth-order valence-corrected chi connectivity index (χ4v) is 2.37. The molecule has 86 valence electrons. The van der Waals surface area contributed by atoms with Gasteiger partial charge in [0.05, 0.1) is 5.92 Å². The lowest BCUT2D eigenvalue weighted by Crippen LogP contribution is -2.41. The molecule has 1 saturated heterocycles. The van der Waals surface area contributed by atoms with Gasteiger partial charge in [-0.3, -0.25) is 4.79 Å². The Hall–Kier alpha value is -0.570. The van der Waals surface area contributed by atoms with Crippen LogP contribution in [0.4, 0.5) is 0 Å². The molecule has 1 aliphatic carbocycles. The number of piperidine rings is 1. The minimum absolute atomic E-state index is 0.209. The van der Waals surface area contributed by atoms with E-state index in [0.29, 0.717) is 11.3 Å². The van der Waals surface area contributed by atoms with Crippen molar-refractivity contribution < 1.29 is 4.79 Å². The highest BCUT2D eigenvalue weighted by Gasteiger charge is 2.45. The molecule has 1 unspecified atom stereocenters. The van der Waals surface area contributed by atoms with Crippen LogP contribution >= 0.6 is 0 Å². The standard InChI is InChI=1S/C12H22N2O/c1-12(2)6-10(12)8-14-11(15)9-4-3-5-13-7-9/h9-10,13H,3-8H2,1-2H3,(H,14,15)/t9-,10?/m1/s1. The highest BCUT2D eigenvalue weighted by atomic mass is 16.1. The van der Waals surface area contributed by atoms with Gasteiger partial charge in [-0.2, -0.15) is 0 Å². The van der Waals surface area contributed by atoms with Gasteiger partial charge in [0.15, 0.2) is 0 Å². The molecular weight excluding hydrogens is 188 g/mol. The SMILES string of the molecule is CC1(C)CC1CNC(=O)[C@@H]1CCCNC1. The molecular formula is C12H22N2O. The second-order valence-electron chi connectivity index (χ2n) is 5.68. The Kier molecular flexibility index (Phi) is 3.01. The Bertz CT molecular complexity index is 244. The molecule has 2 aliphatic rings. The molecule has 1 saturated carbocycles. The van der Waals surface area contributed by atoms with E-state index in [1.165, 1.54) is 6.42 Å². The van der Waals surface area contributed by atoms with Crippen LogP contribution in [0.15, 0.2) is 0 Å². The first-order chi connectivity index (χ1) is 7.09. The summed E-state index contributed by atoms with van der Waals surface area (Å²) in [6, 6.07) is 0. The fourth-order valence-electron chi connectivity index (χ4n) is 2.37. The fraction of sp³-hybridized carbons (Fsp3) is 0.917. The van der Waals surface area contributed by atoms with Crippen LogP contribution in [0, 0.1) is 17.3 Å². The highest BCUT2D eigenvalue weighted by molar-refractivity contribution is 5.79. The average Bonchev–Trinajstić information content (AvgIpc) is 2.84. The zero-order valence-electron chi connectivity index (χ0n) is 9.81. The monoisotopic (exact) mass is 210 g/mol. The molecule has 1 heterocycles. The van der Waals surface area contributed by atoms with Crippen molar-refractivity contribution in [1.82, 2.24) is 10.6 Å². The topological polar surface area (TPSA) is 41.1 Å². The second-order valence-corrected chi connectivity index (χ2v) is 5.68. The Morgan fingerprint density at radius 3 is 2.80 bits per heavy atom. The number of hydrogen-bond acceptors (Lipinski definition) is 2. The van der Waals surface area contributed by atoms with Crippen LogP contribution in [-0.4, -0.2) is 25.5 Å². The molecule has 0 aromatic heterocycles. The lowest BCUT2D eigenvalue weighted by molar-refractivity contribution is -0.125. The van der Waals surface area contributed by atoms with E-state index in [9.17, 15) is 4.79 Å². The normalized spacial score (nSPS) is 33.5. The van der Waals surface area contributed by atoms with Gasteiger partial charge in [-0.1, -0.05) is 13.8 Å². The van der Waals surface area contributed by atoms with E-state index in [1.807, 2.05) is 0 Å². The Labute approximate surface area is 92.0 Å². The summed E-state index contributed by atoms with van der Waals surface area (Å²) < 4.78 is 0. The third kappa shape index (κ3) is 2.71. The summed E-state index contributed by atoms with van der Waals surface area (Å²) in [7, 11) is 0. The first-order valence-electron chi connectivity index (χ1n) is 6.08. The zero-order chi connectivity index (χ0) is 10.9. The van der Waals surface area contributed by atoms with Gasteiger partial charge >= 0.3 is 0 Å². The van der Waals surface area contributed by atoms with E-state index in [4.69, 9.17) is 0 Å². The Morgan fingerprint density at radius 1 is 1.53 bits per heavy atom. The molecule has 0 aromatic rings. The predicted octanol–water partition coefficient (Wildman–Crippen LogP) is 1.15. The number of carbonyl (C=O) groups is 1. The maximum Gasteiger partial charge on any atom is 0.224 e. The number of nitrogens with one attached hydrogen (secondary N) is 2. The van der Waals surface area contributed by atoms with E-state index in [-0.39, 0.29) is 11.8 Å². The lowest BCUT2D eigenvalue weighted by atomic mass is 9.99. The molecule has 2 N–H and O–H groups in total. The van der Waals surface area contributed by atoms with Crippen molar-refractivity contribution in [3.8, 4) is 0 Å². The van der Waals surface area contributed by atoms with Gasteiger partial charge in [-0.05, 0) is 37.1 Å². The van der Waals surface area contributed by atoms with Gasteiger partial charge in [0.25, 0.3) is 0 Å². The van der Waals surface area contributed by atoms with E-state index in [0.717, 1.165) is 32.5 Å². The minimum atomic E-state index is 0.209. The molecule has 2 rings (SSSR count). The summed E-state index contributed by atoms with van der Waals surface area (Å²) in [5, 5.41) is 6.37. The van der Waals surface area contributed by atoms with Crippen molar-refractivity contribution >= 4 is 5.91 Å². The van der Waals surface area contributed by atoms with Gasteiger partial charge in [-0.15, -0.1) is 0 Å². The first-order valence-corrected chi connectivity index (χ1v) is 6.08. The minimum Gasteiger partial charge on any atom is -0.356 e. The number of carbonyl (C=O) groups excluding carboxylic acids is 1. The van der Waals surface area contributed by atoms with Crippen LogP contribution in [-0.2, 0) is 4.79 Å². The highest BCUT2D eigenvalue weighted by Crippen LogP contribution is 2.50. The van der Waals surface area contributed by atoms with E-state index >= 15 is 0 Å². The maximum atomic E-state index is 11.8.